The summed E-state index contributed by atoms with van der Waals surface area (Å²) >= 11 is 0. The molecule has 2 aromatic carbocycles. The van der Waals surface area contributed by atoms with Crippen LogP contribution in [0.15, 0.2) is 36.4 Å². The maximum Gasteiger partial charge on any atom is 0.232 e. The number of nitrogens with one attached hydrogen (secondary N) is 2. The zero-order valence-electron chi connectivity index (χ0n) is 21.4. The molecule has 0 atom stereocenters. The Bertz CT molecular complexity index is 889. The lowest BCUT2D eigenvalue weighted by molar-refractivity contribution is -0.135. The normalized spacial score (nSPS) is 10.6. The summed E-state index contributed by atoms with van der Waals surface area (Å²) in [5.74, 6) is 1.39. The van der Waals surface area contributed by atoms with Crippen molar-refractivity contribution in [3.05, 3.63) is 47.5 Å². The van der Waals surface area contributed by atoms with Crippen LogP contribution in [-0.2, 0) is 22.4 Å². The fraction of sp³-hybridized carbons (Fsp3) is 0.481. The molecule has 0 unspecified atom stereocenters. The van der Waals surface area contributed by atoms with E-state index in [1.807, 2.05) is 43.3 Å². The second-order valence-corrected chi connectivity index (χ2v) is 8.16. The third-order valence-electron chi connectivity index (χ3n) is 5.80. The Morgan fingerprint density at radius 2 is 1.14 bits per heavy atom. The molecule has 0 heterocycles. The molecule has 2 N–H and O–H groups in total. The summed E-state index contributed by atoms with van der Waals surface area (Å²) in [7, 11) is 6.36. The molecule has 2 rings (SSSR count). The molecular weight excluding hydrogens is 448 g/mol. The minimum Gasteiger partial charge on any atom is -0.493 e. The molecule has 8 heteroatoms. The first kappa shape index (κ1) is 27.8. The molecule has 0 aliphatic heterocycles. The van der Waals surface area contributed by atoms with Crippen LogP contribution < -0.4 is 29.6 Å². The van der Waals surface area contributed by atoms with Crippen LogP contribution in [0.25, 0.3) is 0 Å². The van der Waals surface area contributed by atoms with E-state index in [0.717, 1.165) is 24.0 Å². The fourth-order valence-corrected chi connectivity index (χ4v) is 3.77. The van der Waals surface area contributed by atoms with Gasteiger partial charge in [0.1, 0.15) is 5.92 Å². The van der Waals surface area contributed by atoms with Crippen molar-refractivity contribution < 1.29 is 28.5 Å². The van der Waals surface area contributed by atoms with Crippen molar-refractivity contribution in [2.24, 2.45) is 5.92 Å². The maximum atomic E-state index is 12.8. The maximum absolute atomic E-state index is 12.8. The van der Waals surface area contributed by atoms with Gasteiger partial charge in [0.15, 0.2) is 23.0 Å². The van der Waals surface area contributed by atoms with E-state index in [1.165, 1.54) is 0 Å². The van der Waals surface area contributed by atoms with Crippen molar-refractivity contribution in [1.29, 1.82) is 0 Å². The van der Waals surface area contributed by atoms with Gasteiger partial charge in [-0.3, -0.25) is 9.59 Å². The topological polar surface area (TPSA) is 95.1 Å². The lowest BCUT2D eigenvalue weighted by atomic mass is 9.99. The zero-order valence-corrected chi connectivity index (χ0v) is 21.4. The molecule has 0 fully saturated rings. The van der Waals surface area contributed by atoms with Crippen LogP contribution in [0.1, 0.15) is 37.3 Å². The largest absolute Gasteiger partial charge is 0.493 e. The molecule has 192 valence electrons. The highest BCUT2D eigenvalue weighted by molar-refractivity contribution is 6.00. The van der Waals surface area contributed by atoms with Gasteiger partial charge >= 0.3 is 0 Å². The number of amides is 2. The highest BCUT2D eigenvalue weighted by atomic mass is 16.5. The summed E-state index contributed by atoms with van der Waals surface area (Å²) in [5, 5.41) is 5.84. The molecule has 0 radical (unpaired) electrons. The minimum absolute atomic E-state index is 0.248. The quantitative estimate of drug-likeness (QED) is 0.374. The van der Waals surface area contributed by atoms with Gasteiger partial charge in [0.25, 0.3) is 0 Å². The van der Waals surface area contributed by atoms with Gasteiger partial charge in [0.05, 0.1) is 28.4 Å². The summed E-state index contributed by atoms with van der Waals surface area (Å²) in [6.45, 7) is 2.90. The van der Waals surface area contributed by atoms with Gasteiger partial charge in [0.2, 0.25) is 11.8 Å². The van der Waals surface area contributed by atoms with Crippen molar-refractivity contribution in [3.63, 3.8) is 0 Å². The van der Waals surface area contributed by atoms with Gasteiger partial charge < -0.3 is 29.6 Å². The van der Waals surface area contributed by atoms with E-state index in [0.29, 0.717) is 55.4 Å². The summed E-state index contributed by atoms with van der Waals surface area (Å²) in [6, 6.07) is 11.3. The van der Waals surface area contributed by atoms with Crippen LogP contribution in [0.3, 0.4) is 0 Å². The monoisotopic (exact) mass is 486 g/mol. The average molecular weight is 487 g/mol. The first-order valence-corrected chi connectivity index (χ1v) is 11.9. The highest BCUT2D eigenvalue weighted by Crippen LogP contribution is 2.28. The molecule has 0 aliphatic carbocycles. The standard InChI is InChI=1S/C27H38N2O6/c1-6-7-8-21(26(30)28-15-13-19-9-11-22(32-2)24(17-19)34-4)27(31)29-16-14-20-10-12-23(33-3)25(18-20)35-5/h9-12,17-18,21H,6-8,13-16H2,1-5H3,(H,28,30)(H,29,31). The molecule has 0 saturated heterocycles. The number of benzene rings is 2. The van der Waals surface area contributed by atoms with Gasteiger partial charge in [-0.05, 0) is 54.7 Å². The predicted molar refractivity (Wildman–Crippen MR) is 136 cm³/mol. The van der Waals surface area contributed by atoms with Gasteiger partial charge in [0, 0.05) is 13.1 Å². The van der Waals surface area contributed by atoms with Gasteiger partial charge in [-0.2, -0.15) is 0 Å². The van der Waals surface area contributed by atoms with Gasteiger partial charge in [-0.1, -0.05) is 31.9 Å². The smallest absolute Gasteiger partial charge is 0.232 e. The Hall–Kier alpha value is -3.42. The molecule has 0 aliphatic rings. The second kappa shape index (κ2) is 14.8. The average Bonchev–Trinajstić information content (AvgIpc) is 2.88. The van der Waals surface area contributed by atoms with Crippen LogP contribution in [0.2, 0.25) is 0 Å². The first-order valence-electron chi connectivity index (χ1n) is 11.9. The van der Waals surface area contributed by atoms with Gasteiger partial charge in [-0.15, -0.1) is 0 Å². The van der Waals surface area contributed by atoms with Crippen molar-refractivity contribution in [2.75, 3.05) is 41.5 Å². The Labute approximate surface area is 208 Å². The number of hydrogen-bond donors (Lipinski definition) is 2. The number of methoxy groups -OCH3 is 4. The summed E-state index contributed by atoms with van der Waals surface area (Å²) in [4.78, 5) is 25.7. The van der Waals surface area contributed by atoms with Crippen LogP contribution in [-0.4, -0.2) is 53.3 Å². The van der Waals surface area contributed by atoms with E-state index in [-0.39, 0.29) is 11.8 Å². The minimum atomic E-state index is -0.717. The Balaban J connectivity index is 1.90. The van der Waals surface area contributed by atoms with E-state index in [4.69, 9.17) is 18.9 Å². The second-order valence-electron chi connectivity index (χ2n) is 8.16. The van der Waals surface area contributed by atoms with E-state index >= 15 is 0 Å². The lowest BCUT2D eigenvalue weighted by Crippen LogP contribution is -2.42. The highest BCUT2D eigenvalue weighted by Gasteiger charge is 2.25. The fourth-order valence-electron chi connectivity index (χ4n) is 3.77. The third-order valence-corrected chi connectivity index (χ3v) is 5.80. The molecule has 8 nitrogen and oxygen atoms in total. The lowest BCUT2D eigenvalue weighted by Gasteiger charge is -2.17. The summed E-state index contributed by atoms with van der Waals surface area (Å²) in [5.41, 5.74) is 2.01. The van der Waals surface area contributed by atoms with E-state index in [2.05, 4.69) is 10.6 Å². The van der Waals surface area contributed by atoms with E-state index in [1.54, 1.807) is 28.4 Å². The molecule has 0 bridgehead atoms. The number of rotatable bonds is 15. The molecule has 0 spiro atoms. The molecular formula is C27H38N2O6. The van der Waals surface area contributed by atoms with Gasteiger partial charge in [-0.25, -0.2) is 0 Å². The van der Waals surface area contributed by atoms with E-state index in [9.17, 15) is 9.59 Å². The van der Waals surface area contributed by atoms with Crippen molar-refractivity contribution in [1.82, 2.24) is 10.6 Å². The van der Waals surface area contributed by atoms with Crippen LogP contribution in [0.4, 0.5) is 0 Å². The van der Waals surface area contributed by atoms with Crippen LogP contribution in [0.5, 0.6) is 23.0 Å². The Kier molecular flexibility index (Phi) is 11.7. The van der Waals surface area contributed by atoms with Crippen molar-refractivity contribution in [3.8, 4) is 23.0 Å². The van der Waals surface area contributed by atoms with Crippen LogP contribution >= 0.6 is 0 Å². The summed E-state index contributed by atoms with van der Waals surface area (Å²) < 4.78 is 21.2. The number of carbonyl (C=O) groups is 2. The SMILES string of the molecule is CCCCC(C(=O)NCCc1ccc(OC)c(OC)c1)C(=O)NCCc1ccc(OC)c(OC)c1. The number of carbonyl (C=O) groups excluding carboxylic acids is 2. The van der Waals surface area contributed by atoms with Crippen molar-refractivity contribution in [2.45, 2.75) is 39.0 Å². The summed E-state index contributed by atoms with van der Waals surface area (Å²) in [6.07, 6.45) is 3.47. The Morgan fingerprint density at radius 1 is 0.714 bits per heavy atom. The number of unbranched alkanes of at least 4 members (excludes halogenated alkanes) is 1. The first-order chi connectivity index (χ1) is 17.0. The molecule has 0 aromatic heterocycles. The predicted octanol–water partition coefficient (Wildman–Crippen LogP) is 3.55. The molecule has 2 amide bonds. The molecule has 2 aromatic rings. The molecule has 0 saturated carbocycles. The van der Waals surface area contributed by atoms with E-state index < -0.39 is 5.92 Å². The number of ether oxygens (including phenoxy) is 4. The van der Waals surface area contributed by atoms with Crippen LogP contribution in [0, 0.1) is 5.92 Å². The zero-order chi connectivity index (χ0) is 25.6. The number of hydrogen-bond acceptors (Lipinski definition) is 6. The third kappa shape index (κ3) is 8.38. The van der Waals surface area contributed by atoms with Crippen molar-refractivity contribution >= 4 is 11.8 Å². The Morgan fingerprint density at radius 3 is 1.51 bits per heavy atom. The molecule has 35 heavy (non-hydrogen) atoms.